The molecule has 1 saturated carbocycles. The topological polar surface area (TPSA) is 95.9 Å². The van der Waals surface area contributed by atoms with Gasteiger partial charge in [-0.1, -0.05) is 55.5 Å². The summed E-state index contributed by atoms with van der Waals surface area (Å²) in [6, 6.07) is 14.9. The molecular formula is C26H30N2O5. The SMILES string of the molecule is CC1CC(CN(C)C(=O)C(CC(=O)O)NC(=O)OCC2c3ccccc3-c3ccccc32)C1. The molecule has 0 saturated heterocycles. The van der Waals surface area contributed by atoms with Crippen molar-refractivity contribution in [2.24, 2.45) is 11.8 Å². The van der Waals surface area contributed by atoms with Crippen molar-refractivity contribution in [3.8, 4) is 11.1 Å². The molecule has 1 atom stereocenters. The number of carbonyl (C=O) groups is 3. The first kappa shape index (κ1) is 22.8. The van der Waals surface area contributed by atoms with Gasteiger partial charge in [-0.2, -0.15) is 0 Å². The highest BCUT2D eigenvalue weighted by Crippen LogP contribution is 2.44. The van der Waals surface area contributed by atoms with Gasteiger partial charge in [0.25, 0.3) is 0 Å². The highest BCUT2D eigenvalue weighted by molar-refractivity contribution is 5.89. The second kappa shape index (κ2) is 9.65. The summed E-state index contributed by atoms with van der Waals surface area (Å²) in [5.74, 6) is -0.593. The van der Waals surface area contributed by atoms with Crippen LogP contribution in [0.5, 0.6) is 0 Å². The second-order valence-corrected chi connectivity index (χ2v) is 9.28. The van der Waals surface area contributed by atoms with Crippen LogP contribution in [0.4, 0.5) is 4.79 Å². The van der Waals surface area contributed by atoms with E-state index < -0.39 is 30.4 Å². The Balaban J connectivity index is 1.39. The van der Waals surface area contributed by atoms with Crippen molar-refractivity contribution in [2.45, 2.75) is 38.1 Å². The molecule has 0 bridgehead atoms. The van der Waals surface area contributed by atoms with Gasteiger partial charge >= 0.3 is 12.1 Å². The molecule has 1 unspecified atom stereocenters. The molecule has 4 rings (SSSR count). The molecule has 0 spiro atoms. The fraction of sp³-hybridized carbons (Fsp3) is 0.423. The Morgan fingerprint density at radius 1 is 1.06 bits per heavy atom. The van der Waals surface area contributed by atoms with Gasteiger partial charge in [-0.05, 0) is 46.9 Å². The Bertz CT molecular complexity index is 1000. The minimum atomic E-state index is -1.17. The first-order chi connectivity index (χ1) is 15.8. The van der Waals surface area contributed by atoms with Crippen molar-refractivity contribution in [2.75, 3.05) is 20.2 Å². The monoisotopic (exact) mass is 450 g/mol. The number of carboxylic acid groups (broad SMARTS) is 1. The molecule has 0 heterocycles. The summed E-state index contributed by atoms with van der Waals surface area (Å²) in [4.78, 5) is 38.3. The molecule has 7 heteroatoms. The summed E-state index contributed by atoms with van der Waals surface area (Å²) < 4.78 is 5.50. The van der Waals surface area contributed by atoms with Gasteiger partial charge in [-0.15, -0.1) is 0 Å². The second-order valence-electron chi connectivity index (χ2n) is 9.28. The van der Waals surface area contributed by atoms with Crippen LogP contribution >= 0.6 is 0 Å². The van der Waals surface area contributed by atoms with Crippen molar-refractivity contribution < 1.29 is 24.2 Å². The maximum Gasteiger partial charge on any atom is 0.407 e. The summed E-state index contributed by atoms with van der Waals surface area (Å²) >= 11 is 0. The third kappa shape index (κ3) is 5.02. The molecule has 2 aromatic rings. The number of rotatable bonds is 8. The van der Waals surface area contributed by atoms with Crippen LogP contribution in [0.1, 0.15) is 43.2 Å². The first-order valence-electron chi connectivity index (χ1n) is 11.4. The molecule has 2 N–H and O–H groups in total. The van der Waals surface area contributed by atoms with Crippen LogP contribution in [-0.4, -0.2) is 54.2 Å². The molecule has 2 amide bonds. The number of hydrogen-bond acceptors (Lipinski definition) is 4. The number of carboxylic acids is 1. The number of benzene rings is 2. The lowest BCUT2D eigenvalue weighted by molar-refractivity contribution is -0.142. The van der Waals surface area contributed by atoms with Crippen LogP contribution < -0.4 is 5.32 Å². The molecule has 7 nitrogen and oxygen atoms in total. The normalized spacial score (nSPS) is 19.6. The molecule has 174 valence electrons. The van der Waals surface area contributed by atoms with E-state index in [1.807, 2.05) is 36.4 Å². The van der Waals surface area contributed by atoms with E-state index in [2.05, 4.69) is 24.4 Å². The predicted octanol–water partition coefficient (Wildman–Crippen LogP) is 3.87. The molecule has 0 aromatic heterocycles. The zero-order chi connectivity index (χ0) is 23.5. The van der Waals surface area contributed by atoms with Crippen molar-refractivity contribution in [1.29, 1.82) is 0 Å². The number of ether oxygens (including phenoxy) is 1. The predicted molar refractivity (Wildman–Crippen MR) is 124 cm³/mol. The lowest BCUT2D eigenvalue weighted by Gasteiger charge is -2.36. The van der Waals surface area contributed by atoms with Gasteiger partial charge in [0.15, 0.2) is 0 Å². The van der Waals surface area contributed by atoms with E-state index in [1.54, 1.807) is 7.05 Å². The maximum atomic E-state index is 12.9. The third-order valence-electron chi connectivity index (χ3n) is 6.69. The van der Waals surface area contributed by atoms with Crippen LogP contribution in [0.15, 0.2) is 48.5 Å². The van der Waals surface area contributed by atoms with Gasteiger partial charge in [-0.25, -0.2) is 4.79 Å². The summed E-state index contributed by atoms with van der Waals surface area (Å²) in [6.45, 7) is 2.83. The maximum absolute atomic E-state index is 12.9. The number of likely N-dealkylation sites (N-methyl/N-ethyl adjacent to an activating group) is 1. The zero-order valence-corrected chi connectivity index (χ0v) is 19.0. The van der Waals surface area contributed by atoms with Crippen LogP contribution in [0.3, 0.4) is 0 Å². The highest BCUT2D eigenvalue weighted by Gasteiger charge is 2.33. The fourth-order valence-electron chi connectivity index (χ4n) is 5.12. The number of alkyl carbamates (subject to hydrolysis) is 1. The van der Waals surface area contributed by atoms with E-state index in [0.29, 0.717) is 18.4 Å². The lowest BCUT2D eigenvalue weighted by Crippen LogP contribution is -2.50. The Morgan fingerprint density at radius 2 is 1.64 bits per heavy atom. The largest absolute Gasteiger partial charge is 0.481 e. The van der Waals surface area contributed by atoms with E-state index in [9.17, 15) is 19.5 Å². The van der Waals surface area contributed by atoms with Crippen molar-refractivity contribution >= 4 is 18.0 Å². The Labute approximate surface area is 193 Å². The van der Waals surface area contributed by atoms with Crippen molar-refractivity contribution in [1.82, 2.24) is 10.2 Å². The summed E-state index contributed by atoms with van der Waals surface area (Å²) in [5, 5.41) is 11.7. The number of aliphatic carboxylic acids is 1. The molecular weight excluding hydrogens is 420 g/mol. The van der Waals surface area contributed by atoms with Gasteiger partial charge in [0.1, 0.15) is 12.6 Å². The van der Waals surface area contributed by atoms with Crippen molar-refractivity contribution in [3.63, 3.8) is 0 Å². The summed E-state index contributed by atoms with van der Waals surface area (Å²) in [7, 11) is 1.65. The van der Waals surface area contributed by atoms with E-state index in [4.69, 9.17) is 4.74 Å². The smallest absolute Gasteiger partial charge is 0.407 e. The number of amides is 2. The molecule has 1 fully saturated rings. The molecule has 33 heavy (non-hydrogen) atoms. The zero-order valence-electron chi connectivity index (χ0n) is 19.0. The standard InChI is InChI=1S/C26H30N2O5/c1-16-11-17(12-16)14-28(2)25(31)23(13-24(29)30)27-26(32)33-15-22-20-9-5-3-7-18(20)19-8-4-6-10-21(19)22/h3-10,16-17,22-23H,11-15H2,1-2H3,(H,27,32)(H,29,30). The minimum absolute atomic E-state index is 0.101. The van der Waals surface area contributed by atoms with Crippen LogP contribution in [0.2, 0.25) is 0 Å². The quantitative estimate of drug-likeness (QED) is 0.637. The summed E-state index contributed by atoms with van der Waals surface area (Å²) in [6.07, 6.45) is 0.832. The van der Waals surface area contributed by atoms with E-state index in [1.165, 1.54) is 4.90 Å². The van der Waals surface area contributed by atoms with Gasteiger partial charge in [0, 0.05) is 19.5 Å². The van der Waals surface area contributed by atoms with Gasteiger partial charge in [0.05, 0.1) is 6.42 Å². The first-order valence-corrected chi connectivity index (χ1v) is 11.4. The van der Waals surface area contributed by atoms with Crippen LogP contribution in [0, 0.1) is 11.8 Å². The van der Waals surface area contributed by atoms with Gasteiger partial charge in [0.2, 0.25) is 5.91 Å². The number of nitrogens with zero attached hydrogens (tertiary/aromatic N) is 1. The van der Waals surface area contributed by atoms with E-state index in [0.717, 1.165) is 35.1 Å². The Hall–Kier alpha value is -3.35. The van der Waals surface area contributed by atoms with Crippen LogP contribution in [-0.2, 0) is 14.3 Å². The fourth-order valence-corrected chi connectivity index (χ4v) is 5.12. The van der Waals surface area contributed by atoms with Gasteiger partial charge < -0.3 is 20.1 Å². The molecule has 0 aliphatic heterocycles. The van der Waals surface area contributed by atoms with Crippen LogP contribution in [0.25, 0.3) is 11.1 Å². The van der Waals surface area contributed by atoms with E-state index >= 15 is 0 Å². The van der Waals surface area contributed by atoms with Crippen molar-refractivity contribution in [3.05, 3.63) is 59.7 Å². The minimum Gasteiger partial charge on any atom is -0.481 e. The molecule has 2 aromatic carbocycles. The summed E-state index contributed by atoms with van der Waals surface area (Å²) in [5.41, 5.74) is 4.40. The Morgan fingerprint density at radius 3 is 2.18 bits per heavy atom. The third-order valence-corrected chi connectivity index (χ3v) is 6.69. The highest BCUT2D eigenvalue weighted by atomic mass is 16.5. The number of carbonyl (C=O) groups excluding carboxylic acids is 2. The molecule has 2 aliphatic rings. The number of fused-ring (bicyclic) bond motifs is 3. The average Bonchev–Trinajstić information content (AvgIpc) is 3.09. The van der Waals surface area contributed by atoms with E-state index in [-0.39, 0.29) is 12.5 Å². The average molecular weight is 451 g/mol. The molecule has 2 aliphatic carbocycles. The number of nitrogens with one attached hydrogen (secondary N) is 1. The number of hydrogen-bond donors (Lipinski definition) is 2. The Kier molecular flexibility index (Phi) is 6.67. The molecule has 0 radical (unpaired) electrons. The lowest BCUT2D eigenvalue weighted by atomic mass is 9.76. The van der Waals surface area contributed by atoms with Gasteiger partial charge in [-0.3, -0.25) is 9.59 Å².